The summed E-state index contributed by atoms with van der Waals surface area (Å²) in [6.45, 7) is 6.61. The minimum atomic E-state index is -0.760. The van der Waals surface area contributed by atoms with Crippen molar-refractivity contribution >= 4 is 17.9 Å². The van der Waals surface area contributed by atoms with Crippen LogP contribution < -0.4 is 0 Å². The lowest BCUT2D eigenvalue weighted by Crippen LogP contribution is -2.30. The molecule has 1 atom stereocenters. The predicted octanol–water partition coefficient (Wildman–Crippen LogP) is 17.4. The van der Waals surface area contributed by atoms with Crippen LogP contribution in [0.2, 0.25) is 0 Å². The maximum Gasteiger partial charge on any atom is 0.306 e. The monoisotopic (exact) mass is 847 g/mol. The summed E-state index contributed by atoms with van der Waals surface area (Å²) >= 11 is 0. The van der Waals surface area contributed by atoms with E-state index in [-0.39, 0.29) is 31.1 Å². The van der Waals surface area contributed by atoms with Crippen LogP contribution in [0.3, 0.4) is 0 Å². The van der Waals surface area contributed by atoms with E-state index in [0.717, 1.165) is 57.8 Å². The molecule has 0 amide bonds. The Morgan fingerprint density at radius 3 is 0.833 bits per heavy atom. The van der Waals surface area contributed by atoms with Gasteiger partial charge < -0.3 is 14.2 Å². The zero-order valence-corrected chi connectivity index (χ0v) is 40.5. The van der Waals surface area contributed by atoms with E-state index in [4.69, 9.17) is 14.2 Å². The molecule has 0 aliphatic carbocycles. The molecule has 0 fully saturated rings. The molecule has 1 unspecified atom stereocenters. The Balaban J connectivity index is 4.02. The number of carbonyl (C=O) groups excluding carboxylic acids is 3. The number of allylic oxidation sites excluding steroid dienone is 2. The quantitative estimate of drug-likeness (QED) is 0.0263. The third-order valence-electron chi connectivity index (χ3n) is 12.0. The fourth-order valence-electron chi connectivity index (χ4n) is 7.97. The fraction of sp³-hybridized carbons (Fsp3) is 0.907. The van der Waals surface area contributed by atoms with Gasteiger partial charge in [-0.25, -0.2) is 0 Å². The van der Waals surface area contributed by atoms with Crippen molar-refractivity contribution < 1.29 is 28.6 Å². The zero-order chi connectivity index (χ0) is 43.7. The SMILES string of the molecule is CCCCCCCCCC/C=C\CCCCCCCCCCCCCCCC(=O)OCC(COC(=O)CCCCCCCCC)OC(=O)CCCCCCCCCCCC. The molecular formula is C54H102O6. The summed E-state index contributed by atoms with van der Waals surface area (Å²) in [4.78, 5) is 37.7. The molecule has 0 aromatic rings. The van der Waals surface area contributed by atoms with E-state index in [1.807, 2.05) is 0 Å². The molecule has 6 nitrogen and oxygen atoms in total. The lowest BCUT2D eigenvalue weighted by Gasteiger charge is -2.18. The van der Waals surface area contributed by atoms with Gasteiger partial charge in [0.25, 0.3) is 0 Å². The van der Waals surface area contributed by atoms with Gasteiger partial charge in [-0.05, 0) is 44.9 Å². The maximum absolute atomic E-state index is 12.7. The van der Waals surface area contributed by atoms with Crippen LogP contribution in [0.4, 0.5) is 0 Å². The summed E-state index contributed by atoms with van der Waals surface area (Å²) in [6.07, 6.45) is 55.2. The number of rotatable bonds is 49. The van der Waals surface area contributed by atoms with Crippen molar-refractivity contribution in [3.63, 3.8) is 0 Å². The summed E-state index contributed by atoms with van der Waals surface area (Å²) < 4.78 is 16.7. The Bertz CT molecular complexity index is 931. The molecule has 0 aromatic heterocycles. The molecule has 0 spiro atoms. The number of hydrogen-bond acceptors (Lipinski definition) is 6. The molecule has 0 aliphatic rings. The first-order valence-electron chi connectivity index (χ1n) is 26.7. The molecule has 60 heavy (non-hydrogen) atoms. The second-order valence-electron chi connectivity index (χ2n) is 18.2. The summed E-state index contributed by atoms with van der Waals surface area (Å²) in [5.41, 5.74) is 0. The second kappa shape index (κ2) is 49.8. The molecule has 0 rings (SSSR count). The van der Waals surface area contributed by atoms with Crippen molar-refractivity contribution in [1.82, 2.24) is 0 Å². The molecule has 0 saturated carbocycles. The van der Waals surface area contributed by atoms with Gasteiger partial charge in [-0.1, -0.05) is 245 Å². The number of esters is 3. The third kappa shape index (κ3) is 47.2. The maximum atomic E-state index is 12.7. The topological polar surface area (TPSA) is 78.9 Å². The van der Waals surface area contributed by atoms with Crippen LogP contribution in [-0.4, -0.2) is 37.2 Å². The lowest BCUT2D eigenvalue weighted by molar-refractivity contribution is -0.167. The van der Waals surface area contributed by atoms with Crippen LogP contribution in [0.15, 0.2) is 12.2 Å². The molecule has 0 N–H and O–H groups in total. The molecule has 0 aromatic carbocycles. The van der Waals surface area contributed by atoms with E-state index in [1.54, 1.807) is 0 Å². The van der Waals surface area contributed by atoms with Gasteiger partial charge in [0.15, 0.2) is 6.10 Å². The van der Waals surface area contributed by atoms with Gasteiger partial charge in [-0.2, -0.15) is 0 Å². The van der Waals surface area contributed by atoms with Gasteiger partial charge in [-0.15, -0.1) is 0 Å². The highest BCUT2D eigenvalue weighted by molar-refractivity contribution is 5.71. The molecule has 354 valence electrons. The van der Waals surface area contributed by atoms with Gasteiger partial charge in [-0.3, -0.25) is 14.4 Å². The van der Waals surface area contributed by atoms with Crippen LogP contribution in [0.5, 0.6) is 0 Å². The van der Waals surface area contributed by atoms with Gasteiger partial charge >= 0.3 is 17.9 Å². The Morgan fingerprint density at radius 2 is 0.550 bits per heavy atom. The van der Waals surface area contributed by atoms with Gasteiger partial charge in [0.05, 0.1) is 0 Å². The summed E-state index contributed by atoms with van der Waals surface area (Å²) in [7, 11) is 0. The average Bonchev–Trinajstić information content (AvgIpc) is 3.24. The van der Waals surface area contributed by atoms with E-state index in [2.05, 4.69) is 32.9 Å². The van der Waals surface area contributed by atoms with E-state index in [9.17, 15) is 14.4 Å². The van der Waals surface area contributed by atoms with Gasteiger partial charge in [0.1, 0.15) is 13.2 Å². The van der Waals surface area contributed by atoms with Crippen LogP contribution in [-0.2, 0) is 28.6 Å². The first-order chi connectivity index (χ1) is 29.5. The Kier molecular flexibility index (Phi) is 48.3. The smallest absolute Gasteiger partial charge is 0.306 e. The molecular weight excluding hydrogens is 745 g/mol. The highest BCUT2D eigenvalue weighted by Gasteiger charge is 2.19. The van der Waals surface area contributed by atoms with E-state index < -0.39 is 6.10 Å². The van der Waals surface area contributed by atoms with Gasteiger partial charge in [0.2, 0.25) is 0 Å². The minimum absolute atomic E-state index is 0.0654. The normalized spacial score (nSPS) is 12.0. The Labute approximate surface area is 373 Å². The minimum Gasteiger partial charge on any atom is -0.462 e. The van der Waals surface area contributed by atoms with Crippen molar-refractivity contribution in [2.75, 3.05) is 13.2 Å². The number of unbranched alkanes of at least 4 members (excludes halogenated alkanes) is 36. The molecule has 0 radical (unpaired) electrons. The number of carbonyl (C=O) groups is 3. The zero-order valence-electron chi connectivity index (χ0n) is 40.5. The van der Waals surface area contributed by atoms with Crippen LogP contribution >= 0.6 is 0 Å². The van der Waals surface area contributed by atoms with E-state index in [0.29, 0.717) is 19.3 Å². The number of ether oxygens (including phenoxy) is 3. The highest BCUT2D eigenvalue weighted by atomic mass is 16.6. The van der Waals surface area contributed by atoms with Crippen molar-refractivity contribution in [2.24, 2.45) is 0 Å². The van der Waals surface area contributed by atoms with Crippen LogP contribution in [0.1, 0.15) is 297 Å². The van der Waals surface area contributed by atoms with Crippen LogP contribution in [0.25, 0.3) is 0 Å². The molecule has 6 heteroatoms. The van der Waals surface area contributed by atoms with Crippen molar-refractivity contribution in [3.8, 4) is 0 Å². The first kappa shape index (κ1) is 58.1. The average molecular weight is 847 g/mol. The molecule has 0 heterocycles. The molecule has 0 aliphatic heterocycles. The van der Waals surface area contributed by atoms with Gasteiger partial charge in [0, 0.05) is 19.3 Å². The third-order valence-corrected chi connectivity index (χ3v) is 12.0. The van der Waals surface area contributed by atoms with E-state index in [1.165, 1.54) is 199 Å². The largest absolute Gasteiger partial charge is 0.462 e. The van der Waals surface area contributed by atoms with E-state index >= 15 is 0 Å². The fourth-order valence-corrected chi connectivity index (χ4v) is 7.97. The van der Waals surface area contributed by atoms with Crippen molar-refractivity contribution in [1.29, 1.82) is 0 Å². The first-order valence-corrected chi connectivity index (χ1v) is 26.7. The Morgan fingerprint density at radius 1 is 0.317 bits per heavy atom. The van der Waals surface area contributed by atoms with Crippen molar-refractivity contribution in [2.45, 2.75) is 303 Å². The molecule has 0 saturated heterocycles. The standard InChI is InChI=1S/C54H102O6/c1-4-7-10-13-16-18-20-21-22-23-24-25-26-27-28-29-30-31-32-33-34-36-38-41-44-47-53(56)59-50-51(49-58-52(55)46-43-40-37-15-12-9-6-3)60-54(57)48-45-42-39-35-19-17-14-11-8-5-2/h23-24,51H,4-22,25-50H2,1-3H3/b24-23-. The lowest BCUT2D eigenvalue weighted by atomic mass is 10.0. The summed E-state index contributed by atoms with van der Waals surface area (Å²) in [5.74, 6) is -0.860. The van der Waals surface area contributed by atoms with Crippen molar-refractivity contribution in [3.05, 3.63) is 12.2 Å². The molecule has 0 bridgehead atoms. The number of hydrogen-bond donors (Lipinski definition) is 0. The summed E-state index contributed by atoms with van der Waals surface area (Å²) in [5, 5.41) is 0. The highest BCUT2D eigenvalue weighted by Crippen LogP contribution is 2.16. The summed E-state index contributed by atoms with van der Waals surface area (Å²) in [6, 6.07) is 0. The second-order valence-corrected chi connectivity index (χ2v) is 18.2. The van der Waals surface area contributed by atoms with Crippen LogP contribution in [0, 0.1) is 0 Å². The Hall–Kier alpha value is -1.85. The predicted molar refractivity (Wildman–Crippen MR) is 256 cm³/mol.